The van der Waals surface area contributed by atoms with Crippen molar-refractivity contribution in [3.63, 3.8) is 0 Å². The van der Waals surface area contributed by atoms with Crippen LogP contribution in [0.25, 0.3) is 0 Å². The van der Waals surface area contributed by atoms with E-state index in [1.165, 1.54) is 18.3 Å². The molecule has 0 radical (unpaired) electrons. The van der Waals surface area contributed by atoms with E-state index in [0.29, 0.717) is 13.1 Å². The van der Waals surface area contributed by atoms with Crippen LogP contribution in [0.4, 0.5) is 0 Å². The number of rotatable bonds is 2. The summed E-state index contributed by atoms with van der Waals surface area (Å²) in [5.74, 6) is 0.373. The molecule has 1 saturated heterocycles. The fraction of sp³-hybridized carbons (Fsp3) is 0.364. The molecule has 2 rings (SSSR count). The Hall–Kier alpha value is -1.56. The lowest BCUT2D eigenvalue weighted by Gasteiger charge is -2.26. The van der Waals surface area contributed by atoms with E-state index in [9.17, 15) is 9.59 Å². The number of aromatic nitrogens is 1. The van der Waals surface area contributed by atoms with E-state index < -0.39 is 5.97 Å². The maximum atomic E-state index is 12.1. The molecule has 1 N–H and O–H groups in total. The molecule has 1 aromatic rings. The fourth-order valence-electron chi connectivity index (χ4n) is 1.66. The maximum absolute atomic E-state index is 12.1. The van der Waals surface area contributed by atoms with Gasteiger partial charge < -0.3 is 10.0 Å². The Morgan fingerprint density at radius 2 is 2.06 bits per heavy atom. The van der Waals surface area contributed by atoms with Gasteiger partial charge in [0.1, 0.15) is 5.69 Å². The molecule has 5 nitrogen and oxygen atoms in total. The van der Waals surface area contributed by atoms with Crippen LogP contribution < -0.4 is 0 Å². The Balaban J connectivity index is 2.26. The number of aromatic carboxylic acids is 1. The van der Waals surface area contributed by atoms with E-state index in [4.69, 9.17) is 5.11 Å². The van der Waals surface area contributed by atoms with Gasteiger partial charge in [-0.1, -0.05) is 0 Å². The van der Waals surface area contributed by atoms with Crippen molar-refractivity contribution < 1.29 is 14.7 Å². The van der Waals surface area contributed by atoms with Crippen molar-refractivity contribution in [3.05, 3.63) is 29.6 Å². The van der Waals surface area contributed by atoms with Gasteiger partial charge in [0.05, 0.1) is 5.56 Å². The Morgan fingerprint density at radius 1 is 1.35 bits per heavy atom. The molecular weight excluding hydrogens is 240 g/mol. The molecular formula is C11H12N2O3S. The Morgan fingerprint density at radius 3 is 2.71 bits per heavy atom. The molecule has 1 aromatic heterocycles. The monoisotopic (exact) mass is 252 g/mol. The molecule has 1 fully saturated rings. The van der Waals surface area contributed by atoms with Gasteiger partial charge in [-0.15, -0.1) is 0 Å². The molecule has 0 saturated carbocycles. The first-order valence-electron chi connectivity index (χ1n) is 5.25. The number of hydrogen-bond acceptors (Lipinski definition) is 4. The Labute approximate surface area is 103 Å². The molecule has 17 heavy (non-hydrogen) atoms. The predicted octanol–water partition coefficient (Wildman–Crippen LogP) is 0.969. The number of hydrogen-bond donors (Lipinski definition) is 1. The molecule has 1 amide bonds. The lowest BCUT2D eigenvalue weighted by Crippen LogP contribution is -2.39. The van der Waals surface area contributed by atoms with Crippen LogP contribution in [0.2, 0.25) is 0 Å². The van der Waals surface area contributed by atoms with Gasteiger partial charge in [-0.2, -0.15) is 11.8 Å². The number of carbonyl (C=O) groups is 2. The summed E-state index contributed by atoms with van der Waals surface area (Å²) in [7, 11) is 0. The van der Waals surface area contributed by atoms with E-state index in [-0.39, 0.29) is 17.2 Å². The van der Waals surface area contributed by atoms with E-state index in [1.807, 2.05) is 0 Å². The first-order chi connectivity index (χ1) is 8.20. The Kier molecular flexibility index (Phi) is 3.63. The van der Waals surface area contributed by atoms with Crippen LogP contribution in [-0.4, -0.2) is 51.5 Å². The number of amides is 1. The average Bonchev–Trinajstić information content (AvgIpc) is 2.39. The third-order valence-corrected chi connectivity index (χ3v) is 3.48. The van der Waals surface area contributed by atoms with Crippen molar-refractivity contribution in [3.8, 4) is 0 Å². The molecule has 0 bridgehead atoms. The highest BCUT2D eigenvalue weighted by Crippen LogP contribution is 2.14. The van der Waals surface area contributed by atoms with Gasteiger partial charge in [0, 0.05) is 30.8 Å². The van der Waals surface area contributed by atoms with Crippen molar-refractivity contribution in [1.29, 1.82) is 0 Å². The first-order valence-corrected chi connectivity index (χ1v) is 6.41. The standard InChI is InChI=1S/C11H12N2O3S/c14-10(13-4-6-17-7-5-13)9-8(11(15)16)2-1-3-12-9/h1-3H,4-7H2,(H,15,16). The van der Waals surface area contributed by atoms with Gasteiger partial charge in [-0.25, -0.2) is 4.79 Å². The van der Waals surface area contributed by atoms with Gasteiger partial charge in [0.25, 0.3) is 5.91 Å². The van der Waals surface area contributed by atoms with Crippen LogP contribution in [0.5, 0.6) is 0 Å². The second-order valence-corrected chi connectivity index (χ2v) is 4.83. The second-order valence-electron chi connectivity index (χ2n) is 3.61. The minimum atomic E-state index is -1.12. The SMILES string of the molecule is O=C(O)c1cccnc1C(=O)N1CCSCC1. The smallest absolute Gasteiger partial charge is 0.338 e. The Bertz CT molecular complexity index is 444. The van der Waals surface area contributed by atoms with E-state index >= 15 is 0 Å². The van der Waals surface area contributed by atoms with Crippen molar-refractivity contribution >= 4 is 23.6 Å². The normalized spacial score (nSPS) is 15.6. The van der Waals surface area contributed by atoms with Crippen molar-refractivity contribution in [2.24, 2.45) is 0 Å². The number of thioether (sulfide) groups is 1. The number of carbonyl (C=O) groups excluding carboxylic acids is 1. The number of pyridine rings is 1. The summed E-state index contributed by atoms with van der Waals surface area (Å²) in [5, 5.41) is 9.00. The average molecular weight is 252 g/mol. The van der Waals surface area contributed by atoms with Crippen LogP contribution in [0.1, 0.15) is 20.8 Å². The molecule has 2 heterocycles. The topological polar surface area (TPSA) is 70.5 Å². The predicted molar refractivity (Wildman–Crippen MR) is 64.4 cm³/mol. The zero-order chi connectivity index (χ0) is 12.3. The first kappa shape index (κ1) is 11.9. The molecule has 1 aliphatic heterocycles. The third kappa shape index (κ3) is 2.58. The van der Waals surface area contributed by atoms with Crippen LogP contribution in [0.3, 0.4) is 0 Å². The molecule has 0 spiro atoms. The summed E-state index contributed by atoms with van der Waals surface area (Å²) < 4.78 is 0. The van der Waals surface area contributed by atoms with Gasteiger partial charge in [0.15, 0.2) is 0 Å². The van der Waals surface area contributed by atoms with Crippen molar-refractivity contribution in [1.82, 2.24) is 9.88 Å². The maximum Gasteiger partial charge on any atom is 0.338 e. The summed E-state index contributed by atoms with van der Waals surface area (Å²) in [4.78, 5) is 28.7. The van der Waals surface area contributed by atoms with E-state index in [1.54, 1.807) is 16.7 Å². The molecule has 0 unspecified atom stereocenters. The summed E-state index contributed by atoms with van der Waals surface area (Å²) in [6, 6.07) is 2.92. The molecule has 0 aromatic carbocycles. The number of carboxylic acids is 1. The molecule has 0 aliphatic carbocycles. The van der Waals surface area contributed by atoms with Gasteiger partial charge >= 0.3 is 5.97 Å². The summed E-state index contributed by atoms with van der Waals surface area (Å²) in [6.45, 7) is 1.30. The number of carboxylic acid groups (broad SMARTS) is 1. The van der Waals surface area contributed by atoms with Gasteiger partial charge in [-0.05, 0) is 12.1 Å². The summed E-state index contributed by atoms with van der Waals surface area (Å²) >= 11 is 1.79. The highest BCUT2D eigenvalue weighted by Gasteiger charge is 2.24. The van der Waals surface area contributed by atoms with Crippen LogP contribution in [0.15, 0.2) is 18.3 Å². The molecule has 90 valence electrons. The minimum Gasteiger partial charge on any atom is -0.478 e. The van der Waals surface area contributed by atoms with Crippen molar-refractivity contribution in [2.45, 2.75) is 0 Å². The molecule has 0 atom stereocenters. The van der Waals surface area contributed by atoms with Crippen LogP contribution >= 0.6 is 11.8 Å². The minimum absolute atomic E-state index is 0.0317. The van der Waals surface area contributed by atoms with Crippen molar-refractivity contribution in [2.75, 3.05) is 24.6 Å². The zero-order valence-electron chi connectivity index (χ0n) is 9.13. The fourth-order valence-corrected chi connectivity index (χ4v) is 2.57. The summed E-state index contributed by atoms with van der Waals surface area (Å²) in [5.41, 5.74) is 0.00243. The van der Waals surface area contributed by atoms with E-state index in [0.717, 1.165) is 11.5 Å². The summed E-state index contributed by atoms with van der Waals surface area (Å²) in [6.07, 6.45) is 1.44. The highest BCUT2D eigenvalue weighted by molar-refractivity contribution is 7.99. The van der Waals surface area contributed by atoms with Gasteiger partial charge in [0.2, 0.25) is 0 Å². The zero-order valence-corrected chi connectivity index (χ0v) is 9.94. The van der Waals surface area contributed by atoms with Crippen LogP contribution in [-0.2, 0) is 0 Å². The van der Waals surface area contributed by atoms with E-state index in [2.05, 4.69) is 4.98 Å². The molecule has 1 aliphatic rings. The second kappa shape index (κ2) is 5.18. The van der Waals surface area contributed by atoms with Gasteiger partial charge in [-0.3, -0.25) is 9.78 Å². The third-order valence-electron chi connectivity index (χ3n) is 2.54. The largest absolute Gasteiger partial charge is 0.478 e. The number of nitrogens with zero attached hydrogens (tertiary/aromatic N) is 2. The van der Waals surface area contributed by atoms with Crippen LogP contribution in [0, 0.1) is 0 Å². The molecule has 6 heteroatoms. The highest BCUT2D eigenvalue weighted by atomic mass is 32.2. The quantitative estimate of drug-likeness (QED) is 0.849. The lowest BCUT2D eigenvalue weighted by molar-refractivity contribution is 0.0675. The lowest BCUT2D eigenvalue weighted by atomic mass is 10.1.